The maximum Gasteiger partial charge on any atom is 0.416 e. The van der Waals surface area contributed by atoms with E-state index in [1.807, 2.05) is 0 Å². The standard InChI is InChI=1S/C14H19F3N2O3/c1-10(20)6-7-18-13(21)19-8-9-22-12-4-2-11(3-5-12)14(15,16)17/h2-5,10,20H,6-9H2,1H3,(H2,18,19,21). The lowest BCUT2D eigenvalue weighted by molar-refractivity contribution is -0.137. The summed E-state index contributed by atoms with van der Waals surface area (Å²) in [7, 11) is 0. The summed E-state index contributed by atoms with van der Waals surface area (Å²) in [5, 5.41) is 14.1. The highest BCUT2D eigenvalue weighted by Crippen LogP contribution is 2.30. The predicted octanol–water partition coefficient (Wildman–Crippen LogP) is 2.15. The van der Waals surface area contributed by atoms with Gasteiger partial charge in [0.25, 0.3) is 0 Å². The molecule has 1 unspecified atom stereocenters. The van der Waals surface area contributed by atoms with E-state index < -0.39 is 23.9 Å². The van der Waals surface area contributed by atoms with Crippen molar-refractivity contribution in [1.29, 1.82) is 0 Å². The highest BCUT2D eigenvalue weighted by Gasteiger charge is 2.29. The number of ether oxygens (including phenoxy) is 1. The van der Waals surface area contributed by atoms with Gasteiger partial charge in [0, 0.05) is 6.54 Å². The van der Waals surface area contributed by atoms with Crippen LogP contribution in [0.2, 0.25) is 0 Å². The number of hydrogen-bond acceptors (Lipinski definition) is 3. The lowest BCUT2D eigenvalue weighted by Crippen LogP contribution is -2.38. The average Bonchev–Trinajstić information content (AvgIpc) is 2.43. The fraction of sp³-hybridized carbons (Fsp3) is 0.500. The third-order valence-electron chi connectivity index (χ3n) is 2.69. The molecule has 0 aliphatic rings. The molecule has 2 amide bonds. The number of carbonyl (C=O) groups is 1. The van der Waals surface area contributed by atoms with Crippen molar-refractivity contribution >= 4 is 6.03 Å². The predicted molar refractivity (Wildman–Crippen MR) is 74.6 cm³/mol. The third kappa shape index (κ3) is 7.16. The highest BCUT2D eigenvalue weighted by atomic mass is 19.4. The number of aliphatic hydroxyl groups is 1. The van der Waals surface area contributed by atoms with Crippen LogP contribution in [0, 0.1) is 0 Å². The molecule has 0 saturated heterocycles. The van der Waals surface area contributed by atoms with Gasteiger partial charge in [-0.15, -0.1) is 0 Å². The van der Waals surface area contributed by atoms with Crippen LogP contribution in [0.3, 0.4) is 0 Å². The zero-order valence-electron chi connectivity index (χ0n) is 12.1. The number of nitrogens with one attached hydrogen (secondary N) is 2. The molecule has 0 spiro atoms. The number of urea groups is 1. The molecule has 8 heteroatoms. The van der Waals surface area contributed by atoms with Crippen molar-refractivity contribution in [2.45, 2.75) is 25.6 Å². The van der Waals surface area contributed by atoms with E-state index in [0.29, 0.717) is 18.7 Å². The van der Waals surface area contributed by atoms with Crippen LogP contribution in [0.4, 0.5) is 18.0 Å². The summed E-state index contributed by atoms with van der Waals surface area (Å²) < 4.78 is 42.3. The molecule has 0 saturated carbocycles. The number of hydrogen-bond donors (Lipinski definition) is 3. The van der Waals surface area contributed by atoms with Crippen molar-refractivity contribution in [3.63, 3.8) is 0 Å². The Kier molecular flexibility index (Phi) is 6.97. The van der Waals surface area contributed by atoms with Crippen molar-refractivity contribution in [1.82, 2.24) is 10.6 Å². The molecule has 3 N–H and O–H groups in total. The largest absolute Gasteiger partial charge is 0.492 e. The molecule has 5 nitrogen and oxygen atoms in total. The van der Waals surface area contributed by atoms with E-state index in [2.05, 4.69) is 10.6 Å². The van der Waals surface area contributed by atoms with E-state index in [0.717, 1.165) is 12.1 Å². The van der Waals surface area contributed by atoms with Crippen molar-refractivity contribution < 1.29 is 27.8 Å². The van der Waals surface area contributed by atoms with E-state index in [9.17, 15) is 18.0 Å². The molecular weight excluding hydrogens is 301 g/mol. The zero-order valence-corrected chi connectivity index (χ0v) is 12.1. The van der Waals surface area contributed by atoms with Gasteiger partial charge in [-0.25, -0.2) is 4.79 Å². The average molecular weight is 320 g/mol. The summed E-state index contributed by atoms with van der Waals surface area (Å²) in [5.41, 5.74) is -0.740. The molecule has 124 valence electrons. The van der Waals surface area contributed by atoms with E-state index >= 15 is 0 Å². The Hall–Kier alpha value is -1.96. The van der Waals surface area contributed by atoms with Crippen molar-refractivity contribution in [3.05, 3.63) is 29.8 Å². The van der Waals surface area contributed by atoms with Gasteiger partial charge in [0.1, 0.15) is 12.4 Å². The fourth-order valence-electron chi connectivity index (χ4n) is 1.53. The first-order chi connectivity index (χ1) is 10.3. The van der Waals surface area contributed by atoms with E-state index in [1.54, 1.807) is 6.92 Å². The molecule has 1 aromatic carbocycles. The van der Waals surface area contributed by atoms with E-state index in [1.165, 1.54) is 12.1 Å². The maximum absolute atomic E-state index is 12.4. The molecule has 0 radical (unpaired) electrons. The van der Waals surface area contributed by atoms with Gasteiger partial charge < -0.3 is 20.5 Å². The minimum absolute atomic E-state index is 0.134. The van der Waals surface area contributed by atoms with Crippen LogP contribution in [0.1, 0.15) is 18.9 Å². The smallest absolute Gasteiger partial charge is 0.416 e. The molecule has 0 aliphatic carbocycles. The van der Waals surface area contributed by atoms with Gasteiger partial charge in [0.2, 0.25) is 0 Å². The normalized spacial score (nSPS) is 12.6. The van der Waals surface area contributed by atoms with Crippen LogP contribution in [0.15, 0.2) is 24.3 Å². The second-order valence-corrected chi connectivity index (χ2v) is 4.69. The summed E-state index contributed by atoms with van der Waals surface area (Å²) >= 11 is 0. The monoisotopic (exact) mass is 320 g/mol. The summed E-state index contributed by atoms with van der Waals surface area (Å²) in [4.78, 5) is 11.3. The molecule has 1 rings (SSSR count). The van der Waals surface area contributed by atoms with E-state index in [4.69, 9.17) is 9.84 Å². The molecule has 0 aromatic heterocycles. The number of aliphatic hydroxyl groups excluding tert-OH is 1. The molecule has 0 fully saturated rings. The summed E-state index contributed by atoms with van der Waals surface area (Å²) in [6.07, 6.45) is -4.40. The van der Waals surface area contributed by atoms with Gasteiger partial charge >= 0.3 is 12.2 Å². The van der Waals surface area contributed by atoms with Gasteiger partial charge in [-0.2, -0.15) is 13.2 Å². The Bertz CT molecular complexity index is 461. The lowest BCUT2D eigenvalue weighted by atomic mass is 10.2. The first-order valence-corrected chi connectivity index (χ1v) is 6.79. The molecule has 22 heavy (non-hydrogen) atoms. The van der Waals surface area contributed by atoms with Crippen LogP contribution >= 0.6 is 0 Å². The molecule has 1 atom stereocenters. The van der Waals surface area contributed by atoms with Crippen molar-refractivity contribution in [2.75, 3.05) is 19.7 Å². The topological polar surface area (TPSA) is 70.6 Å². The van der Waals surface area contributed by atoms with Gasteiger partial charge in [-0.3, -0.25) is 0 Å². The van der Waals surface area contributed by atoms with Crippen LogP contribution in [-0.2, 0) is 6.18 Å². The van der Waals surface area contributed by atoms with Crippen LogP contribution < -0.4 is 15.4 Å². The first-order valence-electron chi connectivity index (χ1n) is 6.79. The minimum Gasteiger partial charge on any atom is -0.492 e. The summed E-state index contributed by atoms with van der Waals surface area (Å²) in [6.45, 7) is 2.32. The molecule has 0 aliphatic heterocycles. The number of carbonyl (C=O) groups excluding carboxylic acids is 1. The first kappa shape index (κ1) is 18.1. The molecule has 0 bridgehead atoms. The molecular formula is C14H19F3N2O3. The highest BCUT2D eigenvalue weighted by molar-refractivity contribution is 5.73. The minimum atomic E-state index is -4.37. The lowest BCUT2D eigenvalue weighted by Gasteiger charge is -2.11. The maximum atomic E-state index is 12.4. The van der Waals surface area contributed by atoms with Crippen LogP contribution in [0.5, 0.6) is 5.75 Å². The second-order valence-electron chi connectivity index (χ2n) is 4.69. The van der Waals surface area contributed by atoms with Gasteiger partial charge in [0.15, 0.2) is 0 Å². The number of halogens is 3. The Morgan fingerprint density at radius 2 is 1.82 bits per heavy atom. The van der Waals surface area contributed by atoms with Gasteiger partial charge in [0.05, 0.1) is 18.2 Å². The number of benzene rings is 1. The summed E-state index contributed by atoms with van der Waals surface area (Å²) in [5.74, 6) is 0.296. The van der Waals surface area contributed by atoms with Gasteiger partial charge in [-0.05, 0) is 37.6 Å². The SMILES string of the molecule is CC(O)CCNC(=O)NCCOc1ccc(C(F)(F)F)cc1. The quantitative estimate of drug-likeness (QED) is 0.674. The Morgan fingerprint density at radius 1 is 1.23 bits per heavy atom. The Labute approximate surface area is 126 Å². The summed E-state index contributed by atoms with van der Waals surface area (Å²) in [6, 6.07) is 3.94. The van der Waals surface area contributed by atoms with E-state index in [-0.39, 0.29) is 13.2 Å². The number of alkyl halides is 3. The fourth-order valence-corrected chi connectivity index (χ4v) is 1.53. The Balaban J connectivity index is 2.20. The van der Waals surface area contributed by atoms with Crippen molar-refractivity contribution in [2.24, 2.45) is 0 Å². The second kappa shape index (κ2) is 8.47. The number of rotatable bonds is 7. The number of amides is 2. The van der Waals surface area contributed by atoms with Crippen LogP contribution in [-0.4, -0.2) is 36.9 Å². The molecule has 0 heterocycles. The molecule has 1 aromatic rings. The Morgan fingerprint density at radius 3 is 2.36 bits per heavy atom. The van der Waals surface area contributed by atoms with Crippen LogP contribution in [0.25, 0.3) is 0 Å². The zero-order chi connectivity index (χ0) is 16.6. The van der Waals surface area contributed by atoms with Crippen molar-refractivity contribution in [3.8, 4) is 5.75 Å². The third-order valence-corrected chi connectivity index (χ3v) is 2.69. The van der Waals surface area contributed by atoms with Gasteiger partial charge in [-0.1, -0.05) is 0 Å².